The molecule has 5 aromatic carbocycles. The van der Waals surface area contributed by atoms with Crippen molar-refractivity contribution in [3.63, 3.8) is 0 Å². The minimum absolute atomic E-state index is 0.0484. The van der Waals surface area contributed by atoms with Gasteiger partial charge in [-0.25, -0.2) is 0 Å². The molecule has 0 bridgehead atoms. The molecule has 2 saturated heterocycles. The molecule has 0 aliphatic carbocycles. The number of hydrogen-bond donors (Lipinski definition) is 3. The van der Waals surface area contributed by atoms with Gasteiger partial charge in [-0.15, -0.1) is 6.58 Å². The number of carbonyl (C=O) groups is 3. The zero-order valence-corrected chi connectivity index (χ0v) is 31.3. The lowest BCUT2D eigenvalue weighted by Gasteiger charge is -2.46. The van der Waals surface area contributed by atoms with E-state index in [1.54, 1.807) is 25.3 Å². The minimum atomic E-state index is -1.68. The number of morpholine rings is 1. The molecule has 0 radical (unpaired) electrons. The number of methoxy groups -OCH3 is 1. The molecule has 6 atom stereocenters. The van der Waals surface area contributed by atoms with Crippen LogP contribution in [0.1, 0.15) is 51.6 Å². The molecule has 5 aromatic rings. The average Bonchev–Trinajstić information content (AvgIpc) is 3.73. The van der Waals surface area contributed by atoms with Crippen molar-refractivity contribution in [1.29, 1.82) is 0 Å². The van der Waals surface area contributed by atoms with Gasteiger partial charge in [-0.2, -0.15) is 0 Å². The Bertz CT molecular complexity index is 2370. The predicted molar refractivity (Wildman–Crippen MR) is 214 cm³/mol. The molecular formula is C47H41N3O7. The van der Waals surface area contributed by atoms with Gasteiger partial charge in [0.05, 0.1) is 31.7 Å². The minimum Gasteiger partial charge on any atom is -0.497 e. The summed E-state index contributed by atoms with van der Waals surface area (Å²) in [5.74, 6) is 4.80. The Labute approximate surface area is 331 Å². The summed E-state index contributed by atoms with van der Waals surface area (Å²) in [6, 6.07) is 36.6. The van der Waals surface area contributed by atoms with Gasteiger partial charge in [-0.3, -0.25) is 19.3 Å². The Morgan fingerprint density at radius 1 is 0.860 bits per heavy atom. The van der Waals surface area contributed by atoms with E-state index < -0.39 is 53.3 Å². The van der Waals surface area contributed by atoms with E-state index in [1.165, 1.54) is 0 Å². The Kier molecular flexibility index (Phi) is 10.3. The maximum atomic E-state index is 15.3. The van der Waals surface area contributed by atoms with E-state index in [0.29, 0.717) is 33.9 Å². The molecule has 0 saturated carbocycles. The summed E-state index contributed by atoms with van der Waals surface area (Å²) in [7, 11) is 1.60. The fourth-order valence-electron chi connectivity index (χ4n) is 8.71. The van der Waals surface area contributed by atoms with Crippen LogP contribution in [0.5, 0.6) is 11.5 Å². The standard InChI is InChI=1S/C47H41N3O7/c1-3-25-48-44(52)39-41-45(53)57-42(33-13-8-5-9-14-33)40(32-11-6-4-7-12-32)50(41)43(34-15-10-16-36(29-34)56-27-26-51)47(39)37-28-31(21-24-38(37)49-46(47)54)18-17-30-19-22-35(55-2)23-20-30/h3-16,19-24,28-29,39-43,51H,1,25-27H2,2H3,(H,48,52)(H,49,54)/t39-,40-,41-,42+,43+,47-/m1/s1. The van der Waals surface area contributed by atoms with Gasteiger partial charge in [0, 0.05) is 23.4 Å². The van der Waals surface area contributed by atoms with Crippen LogP contribution in [0.2, 0.25) is 0 Å². The molecule has 2 fully saturated rings. The van der Waals surface area contributed by atoms with E-state index in [4.69, 9.17) is 14.2 Å². The first-order valence-electron chi connectivity index (χ1n) is 18.8. The van der Waals surface area contributed by atoms with Crippen molar-refractivity contribution >= 4 is 23.5 Å². The zero-order valence-electron chi connectivity index (χ0n) is 31.3. The maximum absolute atomic E-state index is 15.3. The van der Waals surface area contributed by atoms with Crippen molar-refractivity contribution in [2.24, 2.45) is 5.92 Å². The van der Waals surface area contributed by atoms with Gasteiger partial charge in [0.25, 0.3) is 0 Å². The largest absolute Gasteiger partial charge is 0.497 e. The number of rotatable bonds is 10. The second-order valence-electron chi connectivity index (χ2n) is 14.1. The van der Waals surface area contributed by atoms with E-state index in [9.17, 15) is 14.7 Å². The van der Waals surface area contributed by atoms with Crippen LogP contribution in [-0.4, -0.2) is 60.7 Å². The monoisotopic (exact) mass is 759 g/mol. The number of nitrogens with one attached hydrogen (secondary N) is 2. The molecule has 8 rings (SSSR count). The summed E-state index contributed by atoms with van der Waals surface area (Å²) < 4.78 is 17.7. The van der Waals surface area contributed by atoms with E-state index in [2.05, 4.69) is 29.1 Å². The SMILES string of the molecule is C=CCNC(=O)[C@H]1[C@@H]2C(=O)O[C@@H](c3ccccc3)[C@@H](c3ccccc3)N2[C@@H](c2cccc(OCCO)c2)[C@]12C(=O)Nc1ccc(C#Cc3ccc(OC)cc3)cc12. The molecule has 0 aromatic heterocycles. The van der Waals surface area contributed by atoms with Crippen LogP contribution in [0.15, 0.2) is 140 Å². The van der Waals surface area contributed by atoms with Gasteiger partial charge in [-0.1, -0.05) is 90.7 Å². The van der Waals surface area contributed by atoms with Gasteiger partial charge in [0.1, 0.15) is 35.7 Å². The van der Waals surface area contributed by atoms with E-state index in [0.717, 1.165) is 16.7 Å². The second kappa shape index (κ2) is 15.8. The van der Waals surface area contributed by atoms with E-state index in [-0.39, 0.29) is 19.8 Å². The molecule has 3 heterocycles. The molecule has 3 aliphatic rings. The predicted octanol–water partition coefficient (Wildman–Crippen LogP) is 6.04. The van der Waals surface area contributed by atoms with E-state index in [1.807, 2.05) is 120 Å². The molecule has 3 N–H and O–H groups in total. The summed E-state index contributed by atoms with van der Waals surface area (Å²) in [5.41, 5.74) is 2.96. The van der Waals surface area contributed by atoms with Gasteiger partial charge >= 0.3 is 5.97 Å². The smallest absolute Gasteiger partial charge is 0.324 e. The number of aliphatic hydroxyl groups excluding tert-OH is 1. The number of aliphatic hydroxyl groups is 1. The number of cyclic esters (lactones) is 1. The quantitative estimate of drug-likeness (QED) is 0.0895. The summed E-state index contributed by atoms with van der Waals surface area (Å²) in [4.78, 5) is 47.0. The third-order valence-electron chi connectivity index (χ3n) is 11.0. The lowest BCUT2D eigenvalue weighted by atomic mass is 9.65. The highest BCUT2D eigenvalue weighted by molar-refractivity contribution is 6.12. The third-order valence-corrected chi connectivity index (χ3v) is 11.0. The van der Waals surface area contributed by atoms with Gasteiger partial charge in [0.2, 0.25) is 11.8 Å². The number of ether oxygens (including phenoxy) is 3. The number of amides is 2. The first-order valence-corrected chi connectivity index (χ1v) is 18.8. The molecule has 1 spiro atoms. The average molecular weight is 760 g/mol. The van der Waals surface area contributed by atoms with Crippen molar-refractivity contribution in [3.05, 3.63) is 173 Å². The molecule has 10 heteroatoms. The Morgan fingerprint density at radius 3 is 2.25 bits per heavy atom. The number of carbonyl (C=O) groups excluding carboxylic acids is 3. The molecule has 286 valence electrons. The first kappa shape index (κ1) is 37.3. The second-order valence-corrected chi connectivity index (χ2v) is 14.1. The Morgan fingerprint density at radius 2 is 1.54 bits per heavy atom. The van der Waals surface area contributed by atoms with Crippen molar-refractivity contribution in [3.8, 4) is 23.3 Å². The van der Waals surface area contributed by atoms with Crippen LogP contribution in [-0.2, 0) is 24.5 Å². The molecule has 57 heavy (non-hydrogen) atoms. The lowest BCUT2D eigenvalue weighted by Crippen LogP contribution is -2.54. The topological polar surface area (TPSA) is 126 Å². The van der Waals surface area contributed by atoms with Crippen LogP contribution < -0.4 is 20.1 Å². The number of fused-ring (bicyclic) bond motifs is 3. The molecule has 10 nitrogen and oxygen atoms in total. The van der Waals surface area contributed by atoms with Crippen LogP contribution in [0.4, 0.5) is 5.69 Å². The van der Waals surface area contributed by atoms with Gasteiger partial charge in [0.15, 0.2) is 0 Å². The summed E-state index contributed by atoms with van der Waals surface area (Å²) in [6.07, 6.45) is 0.760. The Hall–Kier alpha value is -6.67. The number of anilines is 1. The summed E-state index contributed by atoms with van der Waals surface area (Å²) in [5, 5.41) is 15.7. The van der Waals surface area contributed by atoms with Crippen molar-refractivity contribution in [2.75, 3.05) is 32.2 Å². The molecule has 3 aliphatic heterocycles. The van der Waals surface area contributed by atoms with Crippen LogP contribution in [0.3, 0.4) is 0 Å². The summed E-state index contributed by atoms with van der Waals surface area (Å²) >= 11 is 0. The summed E-state index contributed by atoms with van der Waals surface area (Å²) in [6.45, 7) is 3.76. The number of benzene rings is 5. The van der Waals surface area contributed by atoms with Crippen LogP contribution in [0.25, 0.3) is 0 Å². The third kappa shape index (κ3) is 6.61. The highest BCUT2D eigenvalue weighted by atomic mass is 16.6. The highest BCUT2D eigenvalue weighted by Crippen LogP contribution is 2.65. The van der Waals surface area contributed by atoms with Crippen molar-refractivity contribution < 1.29 is 33.7 Å². The van der Waals surface area contributed by atoms with Crippen molar-refractivity contribution in [1.82, 2.24) is 10.2 Å². The number of hydrogen-bond acceptors (Lipinski definition) is 8. The first-order chi connectivity index (χ1) is 27.9. The molecule has 0 unspecified atom stereocenters. The number of nitrogens with zero attached hydrogens (tertiary/aromatic N) is 1. The number of esters is 1. The highest BCUT2D eigenvalue weighted by Gasteiger charge is 2.74. The maximum Gasteiger partial charge on any atom is 0.324 e. The molecular weight excluding hydrogens is 719 g/mol. The lowest BCUT2D eigenvalue weighted by molar-refractivity contribution is -0.178. The normalized spacial score (nSPS) is 23.3. The fourth-order valence-corrected chi connectivity index (χ4v) is 8.71. The Balaban J connectivity index is 1.40. The van der Waals surface area contributed by atoms with Crippen LogP contribution >= 0.6 is 0 Å². The van der Waals surface area contributed by atoms with Crippen LogP contribution in [0, 0.1) is 17.8 Å². The fraction of sp³-hybridized carbons (Fsp3) is 0.213. The van der Waals surface area contributed by atoms with Crippen molar-refractivity contribution in [2.45, 2.75) is 29.6 Å². The molecule has 2 amide bonds. The van der Waals surface area contributed by atoms with Gasteiger partial charge < -0.3 is 30.0 Å². The van der Waals surface area contributed by atoms with E-state index >= 15 is 4.79 Å². The van der Waals surface area contributed by atoms with Gasteiger partial charge in [-0.05, 0) is 76.9 Å². The zero-order chi connectivity index (χ0) is 39.5.